The maximum Gasteiger partial charge on any atom is 0.326 e. The maximum atomic E-state index is 12.3. The molecule has 1 amide bonds. The average Bonchev–Trinajstić information content (AvgIpc) is 3.12. The molecular weight excluding hydrogens is 406 g/mol. The fraction of sp³-hybridized carbons (Fsp3) is 0.211. The summed E-state index contributed by atoms with van der Waals surface area (Å²) in [6.45, 7) is 0.402. The number of aromatic nitrogens is 3. The lowest BCUT2D eigenvalue weighted by Crippen LogP contribution is -2.41. The number of rotatable bonds is 9. The molecule has 0 bridgehead atoms. The first-order valence-electron chi connectivity index (χ1n) is 9.23. The second-order valence-electron chi connectivity index (χ2n) is 6.73. The van der Waals surface area contributed by atoms with E-state index >= 15 is 0 Å². The summed E-state index contributed by atoms with van der Waals surface area (Å²) in [5.41, 5.74) is 13.8. The number of nitrogen functional groups attached to an aromatic ring is 2. The molecular formula is C19H21N7O5. The Hall–Kier alpha value is -4.35. The lowest BCUT2D eigenvalue weighted by Gasteiger charge is -2.14. The number of hydrogen-bond acceptors (Lipinski definition) is 8. The van der Waals surface area contributed by atoms with Gasteiger partial charge in [0.1, 0.15) is 17.5 Å². The highest BCUT2D eigenvalue weighted by Gasteiger charge is 2.21. The van der Waals surface area contributed by atoms with Crippen molar-refractivity contribution in [3.8, 4) is 0 Å². The van der Waals surface area contributed by atoms with Gasteiger partial charge in [0, 0.05) is 36.0 Å². The number of aliphatic carboxylic acids is 2. The zero-order chi connectivity index (χ0) is 22.5. The van der Waals surface area contributed by atoms with Crippen molar-refractivity contribution >= 4 is 46.3 Å². The number of carbonyl (C=O) groups excluding carboxylic acids is 1. The van der Waals surface area contributed by atoms with Gasteiger partial charge in [-0.25, -0.2) is 4.79 Å². The Morgan fingerprint density at radius 3 is 2.45 bits per heavy atom. The number of hydrogen-bond donors (Lipinski definition) is 7. The Bertz CT molecular complexity index is 1130. The molecule has 0 aliphatic rings. The van der Waals surface area contributed by atoms with Gasteiger partial charge in [-0.2, -0.15) is 9.97 Å². The first-order valence-corrected chi connectivity index (χ1v) is 9.23. The highest BCUT2D eigenvalue weighted by Crippen LogP contribution is 2.23. The number of amides is 1. The molecule has 0 unspecified atom stereocenters. The summed E-state index contributed by atoms with van der Waals surface area (Å²) >= 11 is 0. The van der Waals surface area contributed by atoms with Gasteiger partial charge in [0.25, 0.3) is 5.91 Å². The van der Waals surface area contributed by atoms with Crippen molar-refractivity contribution < 1.29 is 24.6 Å². The Balaban J connectivity index is 1.63. The summed E-state index contributed by atoms with van der Waals surface area (Å²) in [5.74, 6) is -2.69. The van der Waals surface area contributed by atoms with Gasteiger partial charge >= 0.3 is 11.9 Å². The normalized spacial score (nSPS) is 11.7. The average molecular weight is 427 g/mol. The molecule has 31 heavy (non-hydrogen) atoms. The third-order valence-electron chi connectivity index (χ3n) is 4.54. The van der Waals surface area contributed by atoms with Crippen LogP contribution in [0, 0.1) is 0 Å². The minimum absolute atomic E-state index is 0.0771. The number of anilines is 3. The molecule has 2 heterocycles. The predicted octanol–water partition coefficient (Wildman–Crippen LogP) is 0.782. The first kappa shape index (κ1) is 21.4. The molecule has 0 fully saturated rings. The van der Waals surface area contributed by atoms with E-state index < -0.39 is 23.9 Å². The minimum atomic E-state index is -1.29. The zero-order valence-electron chi connectivity index (χ0n) is 16.3. The molecule has 1 aromatic carbocycles. The Morgan fingerprint density at radius 2 is 1.81 bits per heavy atom. The van der Waals surface area contributed by atoms with Gasteiger partial charge in [-0.15, -0.1) is 0 Å². The van der Waals surface area contributed by atoms with Crippen molar-refractivity contribution in [3.05, 3.63) is 41.6 Å². The number of H-pyrrole nitrogens is 1. The van der Waals surface area contributed by atoms with E-state index in [9.17, 15) is 14.4 Å². The second-order valence-corrected chi connectivity index (χ2v) is 6.73. The quantitative estimate of drug-likeness (QED) is 0.255. The van der Waals surface area contributed by atoms with E-state index in [1.165, 1.54) is 12.1 Å². The summed E-state index contributed by atoms with van der Waals surface area (Å²) in [6.07, 6.45) is 1.17. The molecule has 0 saturated carbocycles. The molecule has 3 aromatic rings. The van der Waals surface area contributed by atoms with Gasteiger partial charge in [-0.3, -0.25) is 9.59 Å². The fourth-order valence-corrected chi connectivity index (χ4v) is 2.99. The molecule has 12 nitrogen and oxygen atoms in total. The number of carboxylic acids is 2. The van der Waals surface area contributed by atoms with Gasteiger partial charge in [0.2, 0.25) is 5.95 Å². The summed E-state index contributed by atoms with van der Waals surface area (Å²) in [4.78, 5) is 45.2. The maximum absolute atomic E-state index is 12.3. The third kappa shape index (κ3) is 5.18. The molecule has 0 saturated heterocycles. The van der Waals surface area contributed by atoms with Crippen LogP contribution < -0.4 is 22.1 Å². The number of nitrogens with two attached hydrogens (primary N) is 2. The van der Waals surface area contributed by atoms with E-state index in [2.05, 4.69) is 25.6 Å². The SMILES string of the molecule is Nc1nc(N)c2c(CNc3ccc(C(=O)N[C@@H](CCC(=O)O)C(=O)O)cc3)c[nH]c2n1. The number of carbonyl (C=O) groups is 3. The van der Waals surface area contributed by atoms with Crippen molar-refractivity contribution in [2.24, 2.45) is 0 Å². The summed E-state index contributed by atoms with van der Waals surface area (Å²) in [5, 5.41) is 24.0. The van der Waals surface area contributed by atoms with Crippen molar-refractivity contribution in [2.45, 2.75) is 25.4 Å². The molecule has 0 spiro atoms. The van der Waals surface area contributed by atoms with Crippen LogP contribution in [0.4, 0.5) is 17.5 Å². The van der Waals surface area contributed by atoms with Crippen molar-refractivity contribution in [2.75, 3.05) is 16.8 Å². The number of nitrogens with one attached hydrogen (secondary N) is 3. The number of benzene rings is 1. The van der Waals surface area contributed by atoms with E-state index in [-0.39, 0.29) is 30.2 Å². The molecule has 3 rings (SSSR count). The van der Waals surface area contributed by atoms with Crippen LogP contribution in [0.3, 0.4) is 0 Å². The van der Waals surface area contributed by atoms with Crippen LogP contribution in [0.1, 0.15) is 28.8 Å². The topological polar surface area (TPSA) is 209 Å². The summed E-state index contributed by atoms with van der Waals surface area (Å²) < 4.78 is 0. The smallest absolute Gasteiger partial charge is 0.326 e. The number of fused-ring (bicyclic) bond motifs is 1. The highest BCUT2D eigenvalue weighted by molar-refractivity contribution is 5.97. The van der Waals surface area contributed by atoms with Crippen LogP contribution in [-0.2, 0) is 16.1 Å². The minimum Gasteiger partial charge on any atom is -0.481 e. The summed E-state index contributed by atoms with van der Waals surface area (Å²) in [7, 11) is 0. The predicted molar refractivity (Wildman–Crippen MR) is 112 cm³/mol. The van der Waals surface area contributed by atoms with Crippen LogP contribution in [0.2, 0.25) is 0 Å². The van der Waals surface area contributed by atoms with Crippen LogP contribution in [-0.4, -0.2) is 49.1 Å². The van der Waals surface area contributed by atoms with Crippen molar-refractivity contribution in [1.29, 1.82) is 0 Å². The van der Waals surface area contributed by atoms with E-state index in [1.54, 1.807) is 18.3 Å². The molecule has 9 N–H and O–H groups in total. The van der Waals surface area contributed by atoms with Gasteiger partial charge < -0.3 is 37.3 Å². The van der Waals surface area contributed by atoms with Gasteiger partial charge in [-0.1, -0.05) is 0 Å². The lowest BCUT2D eigenvalue weighted by molar-refractivity contribution is -0.140. The number of aromatic amines is 1. The second kappa shape index (κ2) is 8.98. The molecule has 162 valence electrons. The summed E-state index contributed by atoms with van der Waals surface area (Å²) in [6, 6.07) is 5.09. The molecule has 2 aromatic heterocycles. The number of carboxylic acid groups (broad SMARTS) is 2. The fourth-order valence-electron chi connectivity index (χ4n) is 2.99. The van der Waals surface area contributed by atoms with E-state index in [1.807, 2.05) is 0 Å². The molecule has 0 aliphatic carbocycles. The Labute approximate surface area is 175 Å². The number of nitrogens with zero attached hydrogens (tertiary/aromatic N) is 2. The van der Waals surface area contributed by atoms with Crippen LogP contribution >= 0.6 is 0 Å². The monoisotopic (exact) mass is 427 g/mol. The molecule has 0 aliphatic heterocycles. The van der Waals surface area contributed by atoms with Gasteiger partial charge in [0.05, 0.1) is 5.39 Å². The Morgan fingerprint density at radius 1 is 1.10 bits per heavy atom. The standard InChI is InChI=1S/C19H21N7O5/c20-15-14-10(8-23-16(14)26-19(21)25-15)7-22-11-3-1-9(2-4-11)17(29)24-12(18(30)31)5-6-13(27)28/h1-4,8,12,22H,5-7H2,(H,24,29)(H,27,28)(H,30,31)(H5,20,21,23,25,26)/t12-/m0/s1. The van der Waals surface area contributed by atoms with Crippen LogP contribution in [0.25, 0.3) is 11.0 Å². The van der Waals surface area contributed by atoms with Gasteiger partial charge in [0.15, 0.2) is 0 Å². The van der Waals surface area contributed by atoms with Crippen LogP contribution in [0.15, 0.2) is 30.5 Å². The van der Waals surface area contributed by atoms with Gasteiger partial charge in [-0.05, 0) is 30.7 Å². The molecule has 1 atom stereocenters. The lowest BCUT2D eigenvalue weighted by atomic mass is 10.1. The molecule has 0 radical (unpaired) electrons. The third-order valence-corrected chi connectivity index (χ3v) is 4.54. The van der Waals surface area contributed by atoms with E-state index in [0.29, 0.717) is 23.3 Å². The Kier molecular flexibility index (Phi) is 6.19. The van der Waals surface area contributed by atoms with Crippen LogP contribution in [0.5, 0.6) is 0 Å². The van der Waals surface area contributed by atoms with Crippen molar-refractivity contribution in [3.63, 3.8) is 0 Å². The highest BCUT2D eigenvalue weighted by atomic mass is 16.4. The largest absolute Gasteiger partial charge is 0.481 e. The van der Waals surface area contributed by atoms with Crippen molar-refractivity contribution in [1.82, 2.24) is 20.3 Å². The molecule has 12 heteroatoms. The first-order chi connectivity index (χ1) is 14.7. The van der Waals surface area contributed by atoms with E-state index in [0.717, 1.165) is 5.56 Å². The van der Waals surface area contributed by atoms with E-state index in [4.69, 9.17) is 21.7 Å². The zero-order valence-corrected chi connectivity index (χ0v) is 16.3.